The minimum atomic E-state index is 0.693. The van der Waals surface area contributed by atoms with E-state index in [1.165, 1.54) is 0 Å². The van der Waals surface area contributed by atoms with Gasteiger partial charge in [0.1, 0.15) is 10.4 Å². The quantitative estimate of drug-likeness (QED) is 0.858. The van der Waals surface area contributed by atoms with Crippen LogP contribution < -0.4 is 0 Å². The average Bonchev–Trinajstić information content (AvgIpc) is 2.33. The molecule has 17 heavy (non-hydrogen) atoms. The number of rotatable bonds is 4. The zero-order chi connectivity index (χ0) is 12.1. The number of halogens is 1. The van der Waals surface area contributed by atoms with Crippen LogP contribution in [0.15, 0.2) is 35.2 Å². The van der Waals surface area contributed by atoms with Crippen molar-refractivity contribution in [2.45, 2.75) is 13.1 Å². The third-order valence-electron chi connectivity index (χ3n) is 2.15. The molecule has 0 unspecified atom stereocenters. The van der Waals surface area contributed by atoms with Crippen LogP contribution in [0, 0.1) is 0 Å². The second-order valence-corrected chi connectivity index (χ2v) is 4.50. The second-order valence-electron chi connectivity index (χ2n) is 3.68. The molecular formula is C11H12BrN5. The molecule has 0 aliphatic rings. The lowest BCUT2D eigenvalue weighted by molar-refractivity contribution is 0.305. The lowest BCUT2D eigenvalue weighted by Gasteiger charge is -2.14. The Balaban J connectivity index is 1.93. The van der Waals surface area contributed by atoms with Crippen LogP contribution in [0.2, 0.25) is 0 Å². The molecule has 0 saturated carbocycles. The summed E-state index contributed by atoms with van der Waals surface area (Å²) >= 11 is 3.26. The highest BCUT2D eigenvalue weighted by Crippen LogP contribution is 2.06. The van der Waals surface area contributed by atoms with Crippen LogP contribution in [0.5, 0.6) is 0 Å². The van der Waals surface area contributed by atoms with Crippen LogP contribution in [-0.4, -0.2) is 32.1 Å². The zero-order valence-corrected chi connectivity index (χ0v) is 11.0. The van der Waals surface area contributed by atoms with Crippen molar-refractivity contribution in [3.05, 3.63) is 46.7 Å². The van der Waals surface area contributed by atoms with Crippen molar-refractivity contribution < 1.29 is 0 Å². The molecule has 2 rings (SSSR count). The molecule has 2 aromatic heterocycles. The number of nitrogens with zero attached hydrogens (tertiary/aromatic N) is 5. The van der Waals surface area contributed by atoms with Gasteiger partial charge in [-0.1, -0.05) is 0 Å². The molecule has 0 bridgehead atoms. The molecule has 6 heteroatoms. The van der Waals surface area contributed by atoms with E-state index < -0.39 is 0 Å². The molecule has 5 nitrogen and oxygen atoms in total. The summed E-state index contributed by atoms with van der Waals surface area (Å²) in [6.45, 7) is 1.41. The summed E-state index contributed by atoms with van der Waals surface area (Å²) in [7, 11) is 2.00. The monoisotopic (exact) mass is 293 g/mol. The van der Waals surface area contributed by atoms with Crippen LogP contribution in [0.3, 0.4) is 0 Å². The largest absolute Gasteiger partial charge is 0.293 e. The number of hydrogen-bond donors (Lipinski definition) is 0. The Labute approximate surface area is 108 Å². The van der Waals surface area contributed by atoms with Crippen molar-refractivity contribution in [3.63, 3.8) is 0 Å². The first-order valence-electron chi connectivity index (χ1n) is 5.16. The van der Waals surface area contributed by atoms with Gasteiger partial charge in [0.05, 0.1) is 12.2 Å². The van der Waals surface area contributed by atoms with Crippen molar-refractivity contribution >= 4 is 15.9 Å². The van der Waals surface area contributed by atoms with Gasteiger partial charge in [0.25, 0.3) is 0 Å². The Morgan fingerprint density at radius 2 is 1.88 bits per heavy atom. The summed E-state index contributed by atoms with van der Waals surface area (Å²) in [4.78, 5) is 10.4. The fourth-order valence-electron chi connectivity index (χ4n) is 1.41. The Kier molecular flexibility index (Phi) is 4.11. The molecule has 0 N–H and O–H groups in total. The Morgan fingerprint density at radius 1 is 1.12 bits per heavy atom. The van der Waals surface area contributed by atoms with E-state index in [1.807, 2.05) is 25.2 Å². The van der Waals surface area contributed by atoms with E-state index >= 15 is 0 Å². The molecule has 88 valence electrons. The highest BCUT2D eigenvalue weighted by Gasteiger charge is 2.04. The highest BCUT2D eigenvalue weighted by molar-refractivity contribution is 9.10. The van der Waals surface area contributed by atoms with E-state index in [9.17, 15) is 0 Å². The molecule has 0 aromatic carbocycles. The molecule has 0 radical (unpaired) electrons. The third kappa shape index (κ3) is 3.83. The number of hydrogen-bond acceptors (Lipinski definition) is 5. The Morgan fingerprint density at radius 3 is 2.53 bits per heavy atom. The third-order valence-corrected chi connectivity index (χ3v) is 2.57. The summed E-state index contributed by atoms with van der Waals surface area (Å²) in [6, 6.07) is 5.64. The van der Waals surface area contributed by atoms with E-state index in [4.69, 9.17) is 0 Å². The van der Waals surface area contributed by atoms with Gasteiger partial charge >= 0.3 is 0 Å². The van der Waals surface area contributed by atoms with E-state index in [2.05, 4.69) is 41.0 Å². The Bertz CT molecular complexity index is 459. The smallest absolute Gasteiger partial charge is 0.142 e. The summed E-state index contributed by atoms with van der Waals surface area (Å²) < 4.78 is 0.746. The molecule has 0 aliphatic heterocycles. The topological polar surface area (TPSA) is 54.8 Å². The Hall–Kier alpha value is -1.40. The minimum Gasteiger partial charge on any atom is -0.293 e. The maximum absolute atomic E-state index is 4.18. The van der Waals surface area contributed by atoms with Gasteiger partial charge in [-0.05, 0) is 41.2 Å². The first-order valence-corrected chi connectivity index (χ1v) is 5.96. The average molecular weight is 294 g/mol. The summed E-state index contributed by atoms with van der Waals surface area (Å²) in [5.74, 6) is 0.806. The van der Waals surface area contributed by atoms with Gasteiger partial charge in [0, 0.05) is 18.9 Å². The normalized spacial score (nSPS) is 10.8. The summed E-state index contributed by atoms with van der Waals surface area (Å²) in [5, 5.41) is 8.03. The molecule has 0 atom stereocenters. The maximum atomic E-state index is 4.18. The lowest BCUT2D eigenvalue weighted by Crippen LogP contribution is -2.19. The van der Waals surface area contributed by atoms with Crippen molar-refractivity contribution in [1.82, 2.24) is 25.1 Å². The SMILES string of the molecule is CN(Cc1ccc(Br)nn1)Cc1ncccn1. The van der Waals surface area contributed by atoms with E-state index in [0.717, 1.165) is 22.7 Å². The molecule has 0 aliphatic carbocycles. The lowest BCUT2D eigenvalue weighted by atomic mass is 10.3. The van der Waals surface area contributed by atoms with Gasteiger partial charge < -0.3 is 0 Å². The van der Waals surface area contributed by atoms with Gasteiger partial charge in [-0.25, -0.2) is 9.97 Å². The standard InChI is InChI=1S/C11H12BrN5/c1-17(8-11-13-5-2-6-14-11)7-9-3-4-10(12)16-15-9/h2-6H,7-8H2,1H3. The van der Waals surface area contributed by atoms with Crippen LogP contribution in [0.25, 0.3) is 0 Å². The first-order chi connectivity index (χ1) is 8.24. The zero-order valence-electron chi connectivity index (χ0n) is 9.41. The van der Waals surface area contributed by atoms with E-state index in [-0.39, 0.29) is 0 Å². The molecular weight excluding hydrogens is 282 g/mol. The van der Waals surface area contributed by atoms with Crippen molar-refractivity contribution in [3.8, 4) is 0 Å². The van der Waals surface area contributed by atoms with Gasteiger partial charge in [-0.3, -0.25) is 4.90 Å². The van der Waals surface area contributed by atoms with E-state index in [0.29, 0.717) is 6.54 Å². The van der Waals surface area contributed by atoms with Crippen molar-refractivity contribution in [1.29, 1.82) is 0 Å². The predicted molar refractivity (Wildman–Crippen MR) is 66.9 cm³/mol. The number of aromatic nitrogens is 4. The van der Waals surface area contributed by atoms with E-state index in [1.54, 1.807) is 12.4 Å². The summed E-state index contributed by atoms with van der Waals surface area (Å²) in [5.41, 5.74) is 0.923. The van der Waals surface area contributed by atoms with Gasteiger partial charge in [-0.2, -0.15) is 5.10 Å². The van der Waals surface area contributed by atoms with Gasteiger partial charge in [0.2, 0.25) is 0 Å². The molecule has 2 heterocycles. The molecule has 0 saturated heterocycles. The van der Waals surface area contributed by atoms with Gasteiger partial charge in [-0.15, -0.1) is 5.10 Å². The maximum Gasteiger partial charge on any atom is 0.142 e. The van der Waals surface area contributed by atoms with Crippen LogP contribution >= 0.6 is 15.9 Å². The van der Waals surface area contributed by atoms with Crippen LogP contribution in [0.1, 0.15) is 11.5 Å². The van der Waals surface area contributed by atoms with Gasteiger partial charge in [0.15, 0.2) is 0 Å². The van der Waals surface area contributed by atoms with Crippen molar-refractivity contribution in [2.75, 3.05) is 7.05 Å². The molecule has 0 spiro atoms. The first kappa shape index (κ1) is 12.1. The second kappa shape index (κ2) is 5.79. The highest BCUT2D eigenvalue weighted by atomic mass is 79.9. The van der Waals surface area contributed by atoms with Crippen LogP contribution in [-0.2, 0) is 13.1 Å². The fraction of sp³-hybridized carbons (Fsp3) is 0.273. The fourth-order valence-corrected chi connectivity index (χ4v) is 1.62. The van der Waals surface area contributed by atoms with Crippen LogP contribution in [0.4, 0.5) is 0 Å². The molecule has 0 fully saturated rings. The van der Waals surface area contributed by atoms with Crippen molar-refractivity contribution in [2.24, 2.45) is 0 Å². The predicted octanol–water partition coefficient (Wildman–Crippen LogP) is 1.66. The minimum absolute atomic E-state index is 0.693. The summed E-state index contributed by atoms with van der Waals surface area (Å²) in [6.07, 6.45) is 3.49. The molecule has 0 amide bonds. The molecule has 2 aromatic rings.